The lowest BCUT2D eigenvalue weighted by Crippen LogP contribution is -1.93. The molecule has 3 rings (SSSR count). The van der Waals surface area contributed by atoms with E-state index in [1.807, 2.05) is 42.6 Å². The average molecular weight is 401 g/mol. The highest BCUT2D eigenvalue weighted by Crippen LogP contribution is 2.33. The van der Waals surface area contributed by atoms with Gasteiger partial charge in [0.15, 0.2) is 0 Å². The topological polar surface area (TPSA) is 45.9 Å². The van der Waals surface area contributed by atoms with Gasteiger partial charge in [-0.25, -0.2) is 4.98 Å². The summed E-state index contributed by atoms with van der Waals surface area (Å²) in [7, 11) is 0. The number of nitrogens with zero attached hydrogens (tertiary/aromatic N) is 2. The van der Waals surface area contributed by atoms with Crippen molar-refractivity contribution in [2.75, 3.05) is 6.61 Å². The Morgan fingerprint density at radius 1 is 1.27 bits per heavy atom. The van der Waals surface area contributed by atoms with Crippen LogP contribution in [0.4, 0.5) is 0 Å². The average Bonchev–Trinajstić information content (AvgIpc) is 3.10. The molecule has 0 aliphatic carbocycles. The predicted octanol–water partition coefficient (Wildman–Crippen LogP) is 6.58. The zero-order valence-electron chi connectivity index (χ0n) is 13.9. The van der Waals surface area contributed by atoms with E-state index in [1.165, 1.54) is 11.3 Å². The molecule has 6 heteroatoms. The van der Waals surface area contributed by atoms with E-state index in [9.17, 15) is 5.26 Å². The van der Waals surface area contributed by atoms with E-state index >= 15 is 0 Å². The Labute approximate surface area is 166 Å². The van der Waals surface area contributed by atoms with Gasteiger partial charge < -0.3 is 4.74 Å². The predicted molar refractivity (Wildman–Crippen MR) is 109 cm³/mol. The largest absolute Gasteiger partial charge is 0.493 e. The van der Waals surface area contributed by atoms with Crippen molar-refractivity contribution in [1.29, 1.82) is 5.26 Å². The van der Waals surface area contributed by atoms with Crippen LogP contribution >= 0.6 is 34.5 Å². The van der Waals surface area contributed by atoms with E-state index < -0.39 is 0 Å². The third-order valence-corrected chi connectivity index (χ3v) is 5.00. The molecule has 0 amide bonds. The number of nitriles is 1. The Balaban J connectivity index is 1.98. The van der Waals surface area contributed by atoms with Crippen LogP contribution in [0.2, 0.25) is 10.0 Å². The van der Waals surface area contributed by atoms with Crippen molar-refractivity contribution in [2.24, 2.45) is 0 Å². The number of ether oxygens (including phenoxy) is 1. The number of hydrogen-bond acceptors (Lipinski definition) is 4. The van der Waals surface area contributed by atoms with Gasteiger partial charge in [-0.15, -0.1) is 11.3 Å². The summed E-state index contributed by atoms with van der Waals surface area (Å²) in [5.74, 6) is 0.736. The van der Waals surface area contributed by atoms with Gasteiger partial charge in [0.2, 0.25) is 0 Å². The van der Waals surface area contributed by atoms with E-state index in [0.29, 0.717) is 32.9 Å². The van der Waals surface area contributed by atoms with Gasteiger partial charge in [-0.05, 0) is 37.3 Å². The molecule has 0 aliphatic heterocycles. The van der Waals surface area contributed by atoms with Gasteiger partial charge in [0.1, 0.15) is 16.8 Å². The van der Waals surface area contributed by atoms with Crippen molar-refractivity contribution >= 4 is 46.2 Å². The Bertz CT molecular complexity index is 1010. The quantitative estimate of drug-likeness (QED) is 0.454. The van der Waals surface area contributed by atoms with Crippen molar-refractivity contribution in [3.63, 3.8) is 0 Å². The van der Waals surface area contributed by atoms with Gasteiger partial charge in [-0.3, -0.25) is 0 Å². The summed E-state index contributed by atoms with van der Waals surface area (Å²) in [6.07, 6.45) is 1.79. The molecule has 0 bridgehead atoms. The van der Waals surface area contributed by atoms with Crippen LogP contribution in [0.3, 0.4) is 0 Å². The number of hydrogen-bond donors (Lipinski definition) is 0. The second kappa shape index (κ2) is 8.37. The summed E-state index contributed by atoms with van der Waals surface area (Å²) < 4.78 is 5.62. The van der Waals surface area contributed by atoms with Crippen molar-refractivity contribution in [2.45, 2.75) is 6.92 Å². The Morgan fingerprint density at radius 3 is 2.81 bits per heavy atom. The molecule has 0 aliphatic rings. The monoisotopic (exact) mass is 400 g/mol. The first kappa shape index (κ1) is 18.5. The van der Waals surface area contributed by atoms with E-state index in [2.05, 4.69) is 11.1 Å². The standard InChI is InChI=1S/C20H14Cl2N2OS/c1-2-25-19-6-4-3-5-13(19)9-14(11-23)20-24-18(12-26-20)16-8-7-15(21)10-17(16)22/h3-10,12H,2H2,1H3/b14-9+. The fourth-order valence-electron chi connectivity index (χ4n) is 2.40. The molecule has 0 unspecified atom stereocenters. The van der Waals surface area contributed by atoms with Gasteiger partial charge >= 0.3 is 0 Å². The maximum Gasteiger partial charge on any atom is 0.134 e. The molecule has 3 nitrogen and oxygen atoms in total. The highest BCUT2D eigenvalue weighted by molar-refractivity contribution is 7.11. The smallest absolute Gasteiger partial charge is 0.134 e. The molecule has 0 saturated heterocycles. The molecular weight excluding hydrogens is 387 g/mol. The molecule has 0 spiro atoms. The van der Waals surface area contributed by atoms with Crippen LogP contribution in [0.1, 0.15) is 17.5 Å². The number of para-hydroxylation sites is 1. The van der Waals surface area contributed by atoms with Crippen LogP contribution in [0.25, 0.3) is 22.9 Å². The first-order valence-electron chi connectivity index (χ1n) is 7.87. The van der Waals surface area contributed by atoms with Crippen LogP contribution in [-0.2, 0) is 0 Å². The van der Waals surface area contributed by atoms with Crippen molar-refractivity contribution in [3.05, 3.63) is 68.5 Å². The Kier molecular flexibility index (Phi) is 5.95. The van der Waals surface area contributed by atoms with Gasteiger partial charge in [-0.2, -0.15) is 5.26 Å². The zero-order chi connectivity index (χ0) is 18.5. The summed E-state index contributed by atoms with van der Waals surface area (Å²) >= 11 is 13.6. The summed E-state index contributed by atoms with van der Waals surface area (Å²) in [5.41, 5.74) is 2.81. The second-order valence-electron chi connectivity index (χ2n) is 5.30. The number of halogens is 2. The summed E-state index contributed by atoms with van der Waals surface area (Å²) in [6, 6.07) is 15.1. The summed E-state index contributed by atoms with van der Waals surface area (Å²) in [5, 5.41) is 13.2. The Morgan fingerprint density at radius 2 is 2.08 bits per heavy atom. The van der Waals surface area contributed by atoms with Crippen molar-refractivity contribution in [1.82, 2.24) is 4.98 Å². The Hall–Kier alpha value is -2.32. The highest BCUT2D eigenvalue weighted by Gasteiger charge is 2.12. The third kappa shape index (κ3) is 4.08. The lowest BCUT2D eigenvalue weighted by atomic mass is 10.1. The molecule has 0 fully saturated rings. The maximum atomic E-state index is 9.60. The molecule has 2 aromatic carbocycles. The minimum atomic E-state index is 0.471. The first-order valence-corrected chi connectivity index (χ1v) is 9.51. The lowest BCUT2D eigenvalue weighted by Gasteiger charge is -2.06. The molecule has 130 valence electrons. The molecule has 1 aromatic heterocycles. The minimum Gasteiger partial charge on any atom is -0.493 e. The molecule has 1 heterocycles. The fraction of sp³-hybridized carbons (Fsp3) is 0.100. The number of allylic oxidation sites excluding steroid dienone is 1. The van der Waals surface area contributed by atoms with E-state index in [0.717, 1.165) is 16.9 Å². The minimum absolute atomic E-state index is 0.471. The SMILES string of the molecule is CCOc1ccccc1/C=C(\C#N)c1nc(-c2ccc(Cl)cc2Cl)cs1. The fourth-order valence-corrected chi connectivity index (χ4v) is 3.69. The zero-order valence-corrected chi connectivity index (χ0v) is 16.2. The van der Waals surface area contributed by atoms with Gasteiger partial charge in [0.25, 0.3) is 0 Å². The van der Waals surface area contributed by atoms with Crippen LogP contribution in [-0.4, -0.2) is 11.6 Å². The van der Waals surface area contributed by atoms with Gasteiger partial charge in [0, 0.05) is 21.5 Å². The van der Waals surface area contributed by atoms with E-state index in [4.69, 9.17) is 27.9 Å². The molecule has 0 atom stereocenters. The van der Waals surface area contributed by atoms with Gasteiger partial charge in [-0.1, -0.05) is 41.4 Å². The van der Waals surface area contributed by atoms with E-state index in [1.54, 1.807) is 18.2 Å². The number of benzene rings is 2. The van der Waals surface area contributed by atoms with E-state index in [-0.39, 0.29) is 0 Å². The van der Waals surface area contributed by atoms with Crippen LogP contribution in [0.15, 0.2) is 47.8 Å². The maximum absolute atomic E-state index is 9.60. The summed E-state index contributed by atoms with van der Waals surface area (Å²) in [4.78, 5) is 4.57. The third-order valence-electron chi connectivity index (χ3n) is 3.58. The number of thiazole rings is 1. The first-order chi connectivity index (χ1) is 12.6. The molecular formula is C20H14Cl2N2OS. The number of rotatable bonds is 5. The second-order valence-corrected chi connectivity index (χ2v) is 7.00. The molecule has 26 heavy (non-hydrogen) atoms. The molecule has 3 aromatic rings. The lowest BCUT2D eigenvalue weighted by molar-refractivity contribution is 0.339. The molecule has 0 N–H and O–H groups in total. The normalized spacial score (nSPS) is 11.2. The van der Waals surface area contributed by atoms with Crippen LogP contribution in [0, 0.1) is 11.3 Å². The summed E-state index contributed by atoms with van der Waals surface area (Å²) in [6.45, 7) is 2.48. The molecule has 0 saturated carbocycles. The van der Waals surface area contributed by atoms with Crippen molar-refractivity contribution in [3.8, 4) is 23.1 Å². The van der Waals surface area contributed by atoms with Crippen LogP contribution in [0.5, 0.6) is 5.75 Å². The molecule has 0 radical (unpaired) electrons. The van der Waals surface area contributed by atoms with Gasteiger partial charge in [0.05, 0.1) is 22.9 Å². The number of aromatic nitrogens is 1. The van der Waals surface area contributed by atoms with Crippen LogP contribution < -0.4 is 4.74 Å². The highest BCUT2D eigenvalue weighted by atomic mass is 35.5. The van der Waals surface area contributed by atoms with Crippen molar-refractivity contribution < 1.29 is 4.74 Å².